The second kappa shape index (κ2) is 3.99. The molecule has 2 N–H and O–H groups in total. The zero-order valence-corrected chi connectivity index (χ0v) is 9.58. The molecule has 0 radical (unpaired) electrons. The molecule has 18 heavy (non-hydrogen) atoms. The Kier molecular flexibility index (Phi) is 2.33. The van der Waals surface area contributed by atoms with Gasteiger partial charge in [-0.1, -0.05) is 0 Å². The number of fused-ring (bicyclic) bond motifs is 1. The lowest BCUT2D eigenvalue weighted by molar-refractivity contribution is 0.408. The van der Waals surface area contributed by atoms with Crippen molar-refractivity contribution in [1.29, 1.82) is 0 Å². The Hall–Kier alpha value is -2.63. The minimum atomic E-state index is 0.0911. The number of phenols is 1. The van der Waals surface area contributed by atoms with Crippen molar-refractivity contribution in [3.63, 3.8) is 0 Å². The number of aromatic amines is 1. The van der Waals surface area contributed by atoms with E-state index in [-0.39, 0.29) is 5.75 Å². The van der Waals surface area contributed by atoms with E-state index < -0.39 is 0 Å². The molecule has 3 rings (SSSR count). The van der Waals surface area contributed by atoms with Crippen molar-refractivity contribution in [2.24, 2.45) is 0 Å². The van der Waals surface area contributed by atoms with E-state index in [4.69, 9.17) is 4.74 Å². The molecule has 0 aliphatic carbocycles. The Bertz CT molecular complexity index is 675. The highest BCUT2D eigenvalue weighted by Gasteiger charge is 2.11. The highest BCUT2D eigenvalue weighted by Crippen LogP contribution is 2.31. The quantitative estimate of drug-likeness (QED) is 0.715. The summed E-state index contributed by atoms with van der Waals surface area (Å²) in [5.41, 5.74) is 1.68. The molecule has 3 aromatic rings. The summed E-state index contributed by atoms with van der Waals surface area (Å²) in [6.45, 7) is 0. The molecule has 0 amide bonds. The molecule has 6 heteroatoms. The van der Waals surface area contributed by atoms with Gasteiger partial charge in [0.1, 0.15) is 17.3 Å². The van der Waals surface area contributed by atoms with Crippen LogP contribution in [0.3, 0.4) is 0 Å². The summed E-state index contributed by atoms with van der Waals surface area (Å²) in [5.74, 6) is 1.20. The van der Waals surface area contributed by atoms with Crippen LogP contribution in [-0.2, 0) is 0 Å². The van der Waals surface area contributed by atoms with Gasteiger partial charge in [0.15, 0.2) is 11.3 Å². The molecule has 0 bridgehead atoms. The van der Waals surface area contributed by atoms with Gasteiger partial charge in [-0.15, -0.1) is 0 Å². The first-order chi connectivity index (χ1) is 8.78. The maximum atomic E-state index is 9.92. The van der Waals surface area contributed by atoms with Crippen LogP contribution in [0.1, 0.15) is 0 Å². The van der Waals surface area contributed by atoms with E-state index in [1.54, 1.807) is 31.6 Å². The fourth-order valence-electron chi connectivity index (χ4n) is 1.71. The van der Waals surface area contributed by atoms with Crippen LogP contribution in [0.15, 0.2) is 30.6 Å². The fraction of sp³-hybridized carbons (Fsp3) is 0.0833. The summed E-state index contributed by atoms with van der Waals surface area (Å²) in [7, 11) is 1.55. The van der Waals surface area contributed by atoms with Crippen LogP contribution in [0.5, 0.6) is 11.5 Å². The van der Waals surface area contributed by atoms with Crippen LogP contribution < -0.4 is 4.74 Å². The van der Waals surface area contributed by atoms with Gasteiger partial charge in [0, 0.05) is 18.5 Å². The number of nitrogens with one attached hydrogen (secondary N) is 1. The Morgan fingerprint density at radius 2 is 2.06 bits per heavy atom. The summed E-state index contributed by atoms with van der Waals surface area (Å²) >= 11 is 0. The lowest BCUT2D eigenvalue weighted by Gasteiger charge is -2.03. The third kappa shape index (κ3) is 1.64. The maximum absolute atomic E-state index is 9.92. The lowest BCUT2D eigenvalue weighted by atomic mass is 10.2. The van der Waals surface area contributed by atoms with Crippen molar-refractivity contribution in [3.8, 4) is 22.9 Å². The molecule has 90 valence electrons. The summed E-state index contributed by atoms with van der Waals surface area (Å²) < 4.78 is 5.03. The van der Waals surface area contributed by atoms with Crippen molar-refractivity contribution in [1.82, 2.24) is 19.9 Å². The Balaban J connectivity index is 2.14. The van der Waals surface area contributed by atoms with Crippen LogP contribution in [-0.4, -0.2) is 32.2 Å². The van der Waals surface area contributed by atoms with Gasteiger partial charge < -0.3 is 14.8 Å². The summed E-state index contributed by atoms with van der Waals surface area (Å²) in [4.78, 5) is 15.5. The van der Waals surface area contributed by atoms with Crippen molar-refractivity contribution in [2.75, 3.05) is 7.11 Å². The average Bonchev–Trinajstić information content (AvgIpc) is 2.81. The number of aromatic nitrogens is 4. The first-order valence-electron chi connectivity index (χ1n) is 5.32. The molecule has 0 unspecified atom stereocenters. The number of rotatable bonds is 2. The number of ether oxygens (including phenoxy) is 1. The third-order valence-electron chi connectivity index (χ3n) is 2.59. The van der Waals surface area contributed by atoms with E-state index in [2.05, 4.69) is 19.9 Å². The molecular weight excluding hydrogens is 232 g/mol. The zero-order valence-electron chi connectivity index (χ0n) is 9.58. The number of methoxy groups -OCH3 is 1. The van der Waals surface area contributed by atoms with E-state index in [1.165, 1.54) is 6.07 Å². The monoisotopic (exact) mass is 242 g/mol. The molecule has 0 aliphatic rings. The zero-order chi connectivity index (χ0) is 12.5. The van der Waals surface area contributed by atoms with E-state index in [0.717, 1.165) is 0 Å². The normalized spacial score (nSPS) is 10.7. The predicted octanol–water partition coefficient (Wildman–Crippen LogP) is 1.73. The minimum absolute atomic E-state index is 0.0911. The lowest BCUT2D eigenvalue weighted by Crippen LogP contribution is -1.85. The maximum Gasteiger partial charge on any atom is 0.197 e. The van der Waals surface area contributed by atoms with Gasteiger partial charge in [-0.3, -0.25) is 0 Å². The molecule has 0 spiro atoms. The van der Waals surface area contributed by atoms with Crippen LogP contribution in [0.2, 0.25) is 0 Å². The first kappa shape index (κ1) is 10.5. The molecule has 6 nitrogen and oxygen atoms in total. The molecule has 0 fully saturated rings. The number of phenolic OH excluding ortho intramolecular Hbond substituents is 1. The largest absolute Gasteiger partial charge is 0.507 e. The Labute approximate surface area is 102 Å². The SMILES string of the molecule is COc1ccc(-c2nc3nccnc3[nH]2)c(O)c1. The molecule has 2 aromatic heterocycles. The van der Waals surface area contributed by atoms with Crippen LogP contribution in [0, 0.1) is 0 Å². The standard InChI is InChI=1S/C12H10N4O2/c1-18-7-2-3-8(9(17)6-7)10-15-11-12(16-10)14-5-4-13-11/h2-6,17H,1H3,(H,13,14,15,16). The molecule has 0 saturated heterocycles. The van der Waals surface area contributed by atoms with E-state index in [9.17, 15) is 5.11 Å². The van der Waals surface area contributed by atoms with Crippen molar-refractivity contribution in [2.45, 2.75) is 0 Å². The number of hydrogen-bond donors (Lipinski definition) is 2. The topological polar surface area (TPSA) is 83.9 Å². The van der Waals surface area contributed by atoms with Crippen molar-refractivity contribution in [3.05, 3.63) is 30.6 Å². The minimum Gasteiger partial charge on any atom is -0.507 e. The summed E-state index contributed by atoms with van der Waals surface area (Å²) in [5, 5.41) is 9.92. The number of benzene rings is 1. The van der Waals surface area contributed by atoms with Crippen molar-refractivity contribution >= 4 is 11.3 Å². The average molecular weight is 242 g/mol. The molecule has 0 saturated carbocycles. The first-order valence-corrected chi connectivity index (χ1v) is 5.32. The third-order valence-corrected chi connectivity index (χ3v) is 2.59. The smallest absolute Gasteiger partial charge is 0.197 e. The van der Waals surface area contributed by atoms with Crippen LogP contribution in [0.25, 0.3) is 22.7 Å². The van der Waals surface area contributed by atoms with Gasteiger partial charge >= 0.3 is 0 Å². The molecular formula is C12H10N4O2. The summed E-state index contributed by atoms with van der Waals surface area (Å²) in [6.07, 6.45) is 3.15. The van der Waals surface area contributed by atoms with Gasteiger partial charge in [0.2, 0.25) is 0 Å². The Morgan fingerprint density at radius 1 is 1.22 bits per heavy atom. The van der Waals surface area contributed by atoms with Gasteiger partial charge in [-0.05, 0) is 12.1 Å². The summed E-state index contributed by atoms with van der Waals surface area (Å²) in [6, 6.07) is 5.01. The number of H-pyrrole nitrogens is 1. The van der Waals surface area contributed by atoms with Crippen molar-refractivity contribution < 1.29 is 9.84 Å². The highest BCUT2D eigenvalue weighted by molar-refractivity contribution is 5.74. The second-order valence-electron chi connectivity index (χ2n) is 3.70. The van der Waals surface area contributed by atoms with Crippen LogP contribution in [0.4, 0.5) is 0 Å². The van der Waals surface area contributed by atoms with Gasteiger partial charge in [-0.25, -0.2) is 15.0 Å². The molecule has 0 atom stereocenters. The van der Waals surface area contributed by atoms with Crippen LogP contribution >= 0.6 is 0 Å². The molecule has 0 aliphatic heterocycles. The van der Waals surface area contributed by atoms with E-state index in [0.29, 0.717) is 28.4 Å². The van der Waals surface area contributed by atoms with Gasteiger partial charge in [0.05, 0.1) is 12.7 Å². The number of nitrogens with zero attached hydrogens (tertiary/aromatic N) is 3. The van der Waals surface area contributed by atoms with E-state index >= 15 is 0 Å². The predicted molar refractivity (Wildman–Crippen MR) is 65.3 cm³/mol. The van der Waals surface area contributed by atoms with E-state index in [1.807, 2.05) is 0 Å². The number of hydrogen-bond acceptors (Lipinski definition) is 5. The van der Waals surface area contributed by atoms with Gasteiger partial charge in [-0.2, -0.15) is 0 Å². The number of aromatic hydroxyl groups is 1. The Morgan fingerprint density at radius 3 is 2.78 bits per heavy atom. The number of imidazole rings is 1. The molecule has 1 aromatic carbocycles. The fourth-order valence-corrected chi connectivity index (χ4v) is 1.71. The molecule has 2 heterocycles. The van der Waals surface area contributed by atoms with Gasteiger partial charge in [0.25, 0.3) is 0 Å². The highest BCUT2D eigenvalue weighted by atomic mass is 16.5. The second-order valence-corrected chi connectivity index (χ2v) is 3.70.